The second-order valence-electron chi connectivity index (χ2n) is 6.08. The van der Waals surface area contributed by atoms with Crippen molar-refractivity contribution in [3.05, 3.63) is 35.2 Å². The van der Waals surface area contributed by atoms with Gasteiger partial charge in [-0.05, 0) is 37.8 Å². The Hall–Kier alpha value is -1.92. The summed E-state index contributed by atoms with van der Waals surface area (Å²) in [6.07, 6.45) is 4.70. The van der Waals surface area contributed by atoms with Gasteiger partial charge in [0.15, 0.2) is 0 Å². The molecule has 1 fully saturated rings. The lowest BCUT2D eigenvalue weighted by Crippen LogP contribution is -2.32. The molecule has 5 nitrogen and oxygen atoms in total. The predicted octanol–water partition coefficient (Wildman–Crippen LogP) is 4.23. The van der Waals surface area contributed by atoms with E-state index in [9.17, 15) is 4.79 Å². The monoisotopic (exact) mass is 345 g/mol. The number of amides is 2. The van der Waals surface area contributed by atoms with Crippen molar-refractivity contribution < 1.29 is 9.53 Å². The molecule has 1 saturated heterocycles. The molecule has 1 atom stereocenters. The van der Waals surface area contributed by atoms with Crippen LogP contribution in [0.2, 0.25) is 0 Å². The lowest BCUT2D eigenvalue weighted by Gasteiger charge is -2.19. The molecule has 2 aromatic rings. The number of aromatic nitrogens is 1. The fraction of sp³-hybridized carbons (Fsp3) is 0.444. The van der Waals surface area contributed by atoms with Crippen molar-refractivity contribution in [1.29, 1.82) is 0 Å². The number of anilines is 1. The highest BCUT2D eigenvalue weighted by molar-refractivity contribution is 7.07. The third-order valence-corrected chi connectivity index (χ3v) is 4.84. The van der Waals surface area contributed by atoms with Crippen molar-refractivity contribution in [2.45, 2.75) is 31.8 Å². The summed E-state index contributed by atoms with van der Waals surface area (Å²) in [5.41, 5.74) is 4.63. The zero-order valence-corrected chi connectivity index (χ0v) is 14.7. The molecule has 1 aromatic heterocycles. The maximum Gasteiger partial charge on any atom is 0.321 e. The first-order valence-electron chi connectivity index (χ1n) is 8.35. The molecule has 0 unspecified atom stereocenters. The van der Waals surface area contributed by atoms with Gasteiger partial charge in [-0.2, -0.15) is 0 Å². The molecule has 3 rings (SSSR count). The number of rotatable bonds is 6. The number of thiazole rings is 1. The second kappa shape index (κ2) is 8.26. The van der Waals surface area contributed by atoms with Crippen LogP contribution in [0.25, 0.3) is 11.3 Å². The van der Waals surface area contributed by atoms with E-state index in [1.165, 1.54) is 0 Å². The topological polar surface area (TPSA) is 54.5 Å². The number of urea groups is 1. The van der Waals surface area contributed by atoms with Gasteiger partial charge in [0.05, 0.1) is 17.3 Å². The third kappa shape index (κ3) is 4.55. The Kier molecular flexibility index (Phi) is 5.82. The van der Waals surface area contributed by atoms with Crippen LogP contribution in [0.4, 0.5) is 10.5 Å². The van der Waals surface area contributed by atoms with Crippen LogP contribution in [-0.2, 0) is 4.74 Å². The molecule has 1 N–H and O–H groups in total. The summed E-state index contributed by atoms with van der Waals surface area (Å²) in [7, 11) is 1.83. The van der Waals surface area contributed by atoms with Crippen LogP contribution in [0.3, 0.4) is 0 Å². The molecule has 0 aliphatic carbocycles. The predicted molar refractivity (Wildman–Crippen MR) is 97.4 cm³/mol. The lowest BCUT2D eigenvalue weighted by atomic mass is 10.1. The van der Waals surface area contributed by atoms with Crippen LogP contribution in [0.1, 0.15) is 25.7 Å². The van der Waals surface area contributed by atoms with E-state index in [-0.39, 0.29) is 6.03 Å². The number of nitrogens with one attached hydrogen (secondary N) is 1. The van der Waals surface area contributed by atoms with Gasteiger partial charge in [0, 0.05) is 36.8 Å². The van der Waals surface area contributed by atoms with E-state index >= 15 is 0 Å². The normalized spacial score (nSPS) is 17.0. The van der Waals surface area contributed by atoms with Crippen molar-refractivity contribution in [1.82, 2.24) is 9.88 Å². The minimum absolute atomic E-state index is 0.0799. The van der Waals surface area contributed by atoms with Crippen LogP contribution in [-0.4, -0.2) is 42.2 Å². The van der Waals surface area contributed by atoms with Crippen molar-refractivity contribution in [2.24, 2.45) is 0 Å². The molecule has 0 saturated carbocycles. The van der Waals surface area contributed by atoms with Gasteiger partial charge in [0.1, 0.15) is 0 Å². The van der Waals surface area contributed by atoms with Crippen LogP contribution < -0.4 is 5.32 Å². The molecule has 24 heavy (non-hydrogen) atoms. The zero-order valence-electron chi connectivity index (χ0n) is 13.9. The maximum atomic E-state index is 12.2. The van der Waals surface area contributed by atoms with E-state index in [2.05, 4.69) is 10.3 Å². The molecule has 0 spiro atoms. The Morgan fingerprint density at radius 2 is 2.25 bits per heavy atom. The Labute approximate surface area is 146 Å². The van der Waals surface area contributed by atoms with Crippen molar-refractivity contribution in [3.8, 4) is 11.3 Å². The summed E-state index contributed by atoms with van der Waals surface area (Å²) in [5.74, 6) is 0. The van der Waals surface area contributed by atoms with Crippen LogP contribution >= 0.6 is 11.3 Å². The van der Waals surface area contributed by atoms with E-state index in [1.807, 2.05) is 42.2 Å². The minimum atomic E-state index is -0.0799. The van der Waals surface area contributed by atoms with Gasteiger partial charge in [-0.3, -0.25) is 0 Å². The molecule has 0 radical (unpaired) electrons. The largest absolute Gasteiger partial charge is 0.378 e. The first kappa shape index (κ1) is 16.9. The number of hydrogen-bond donors (Lipinski definition) is 1. The van der Waals surface area contributed by atoms with Gasteiger partial charge in [-0.15, -0.1) is 11.3 Å². The Morgan fingerprint density at radius 3 is 2.92 bits per heavy atom. The summed E-state index contributed by atoms with van der Waals surface area (Å²) in [5, 5.41) is 4.94. The summed E-state index contributed by atoms with van der Waals surface area (Å²) in [6, 6.07) is 7.69. The highest BCUT2D eigenvalue weighted by Crippen LogP contribution is 2.21. The second-order valence-corrected chi connectivity index (χ2v) is 6.80. The third-order valence-electron chi connectivity index (χ3n) is 4.25. The van der Waals surface area contributed by atoms with E-state index in [0.29, 0.717) is 6.10 Å². The summed E-state index contributed by atoms with van der Waals surface area (Å²) < 4.78 is 5.61. The van der Waals surface area contributed by atoms with Crippen LogP contribution in [0, 0.1) is 0 Å². The van der Waals surface area contributed by atoms with E-state index in [4.69, 9.17) is 4.74 Å². The summed E-state index contributed by atoms with van der Waals surface area (Å²) >= 11 is 1.57. The Bertz CT molecular complexity index is 637. The number of hydrogen-bond acceptors (Lipinski definition) is 4. The quantitative estimate of drug-likeness (QED) is 0.852. The number of nitrogens with zero attached hydrogens (tertiary/aromatic N) is 2. The highest BCUT2D eigenvalue weighted by Gasteiger charge is 2.16. The molecule has 0 bridgehead atoms. The summed E-state index contributed by atoms with van der Waals surface area (Å²) in [6.45, 7) is 1.63. The van der Waals surface area contributed by atoms with Crippen LogP contribution in [0.5, 0.6) is 0 Å². The fourth-order valence-electron chi connectivity index (χ4n) is 2.83. The van der Waals surface area contributed by atoms with E-state index < -0.39 is 0 Å². The van der Waals surface area contributed by atoms with Gasteiger partial charge in [0.25, 0.3) is 0 Å². The fourth-order valence-corrected chi connectivity index (χ4v) is 3.39. The van der Waals surface area contributed by atoms with E-state index in [0.717, 1.165) is 55.8 Å². The van der Waals surface area contributed by atoms with E-state index in [1.54, 1.807) is 16.2 Å². The number of ether oxygens (including phenoxy) is 1. The van der Waals surface area contributed by atoms with Gasteiger partial charge in [-0.1, -0.05) is 12.1 Å². The summed E-state index contributed by atoms with van der Waals surface area (Å²) in [4.78, 5) is 18.2. The SMILES string of the molecule is CN(CCC[C@H]1CCCO1)C(=O)Nc1ccc(-c2cscn2)cc1. The molecule has 6 heteroatoms. The number of benzene rings is 1. The molecule has 2 heterocycles. The first-order valence-corrected chi connectivity index (χ1v) is 9.29. The van der Waals surface area contributed by atoms with Crippen LogP contribution in [0.15, 0.2) is 35.2 Å². The Morgan fingerprint density at radius 1 is 1.42 bits per heavy atom. The highest BCUT2D eigenvalue weighted by atomic mass is 32.1. The Balaban J connectivity index is 1.45. The number of carbonyl (C=O) groups is 1. The molecule has 2 amide bonds. The standard InChI is InChI=1S/C18H23N3O2S/c1-21(10-2-4-16-5-3-11-23-16)18(22)20-15-8-6-14(7-9-15)17-12-24-13-19-17/h6-9,12-13,16H,2-5,10-11H2,1H3,(H,20,22)/t16-/m0/s1. The smallest absolute Gasteiger partial charge is 0.321 e. The first-order chi connectivity index (χ1) is 11.7. The van der Waals surface area contributed by atoms with Gasteiger partial charge >= 0.3 is 6.03 Å². The molecular weight excluding hydrogens is 322 g/mol. The van der Waals surface area contributed by atoms with Gasteiger partial charge < -0.3 is 15.0 Å². The van der Waals surface area contributed by atoms with Crippen molar-refractivity contribution >= 4 is 23.1 Å². The van der Waals surface area contributed by atoms with Crippen molar-refractivity contribution in [2.75, 3.05) is 25.5 Å². The van der Waals surface area contributed by atoms with Gasteiger partial charge in [-0.25, -0.2) is 9.78 Å². The molecular formula is C18H23N3O2S. The molecule has 1 aromatic carbocycles. The van der Waals surface area contributed by atoms with Gasteiger partial charge in [0.2, 0.25) is 0 Å². The molecule has 1 aliphatic heterocycles. The average Bonchev–Trinajstić information content (AvgIpc) is 3.29. The average molecular weight is 345 g/mol. The molecule has 128 valence electrons. The minimum Gasteiger partial charge on any atom is -0.378 e. The van der Waals surface area contributed by atoms with Crippen molar-refractivity contribution in [3.63, 3.8) is 0 Å². The maximum absolute atomic E-state index is 12.2. The lowest BCUT2D eigenvalue weighted by molar-refractivity contribution is 0.101. The zero-order chi connectivity index (χ0) is 16.8. The number of carbonyl (C=O) groups excluding carboxylic acids is 1. The molecule has 1 aliphatic rings.